The fourth-order valence-corrected chi connectivity index (χ4v) is 5.79. The molecule has 2 amide bonds. The maximum atomic E-state index is 13.8. The minimum Gasteiger partial charge on any atom is -0.292 e. The van der Waals surface area contributed by atoms with Gasteiger partial charge in [0.15, 0.2) is 5.78 Å². The standard InChI is InChI=1S/C27H17ClF3N3O3/c28-19-11-10-16(12-18(19)27(29,30)31)33-25(36)20-21(26(33)37)23(24(35)14-6-2-1-3-7-14)34-22(20)17-9-5-4-8-15(17)13-32-34/h1-13,20-23H/t20-,21+,22-,23-/m1/s1. The first kappa shape index (κ1) is 23.4. The average Bonchev–Trinajstić information content (AvgIpc) is 3.36. The van der Waals surface area contributed by atoms with Gasteiger partial charge in [0, 0.05) is 5.56 Å². The normalized spacial score (nSPS) is 24.2. The Morgan fingerprint density at radius 1 is 0.892 bits per heavy atom. The lowest BCUT2D eigenvalue weighted by molar-refractivity contribution is -0.137. The smallest absolute Gasteiger partial charge is 0.292 e. The van der Waals surface area contributed by atoms with E-state index >= 15 is 0 Å². The highest BCUT2D eigenvalue weighted by Crippen LogP contribution is 2.53. The number of amides is 2. The third-order valence-corrected chi connectivity index (χ3v) is 7.46. The van der Waals surface area contributed by atoms with Gasteiger partial charge in [-0.05, 0) is 29.3 Å². The van der Waals surface area contributed by atoms with Gasteiger partial charge < -0.3 is 0 Å². The predicted octanol–water partition coefficient (Wildman–Crippen LogP) is 5.12. The summed E-state index contributed by atoms with van der Waals surface area (Å²) in [6, 6.07) is 16.6. The summed E-state index contributed by atoms with van der Waals surface area (Å²) >= 11 is 5.76. The van der Waals surface area contributed by atoms with Crippen molar-refractivity contribution in [2.45, 2.75) is 18.3 Å². The SMILES string of the molecule is O=C(c1ccccc1)[C@H]1[C@H]2C(=O)N(c3ccc(Cl)c(C(F)(F)F)c3)C(=O)[C@H]2[C@H]2c3ccccc3C=NN21. The number of Topliss-reactive ketones (excluding diaryl/α,β-unsaturated/α-hetero) is 1. The quantitative estimate of drug-likeness (QED) is 0.353. The van der Waals surface area contributed by atoms with Crippen LogP contribution in [-0.4, -0.2) is 34.9 Å². The van der Waals surface area contributed by atoms with Crippen molar-refractivity contribution in [3.05, 3.63) is 100 Å². The molecule has 3 aliphatic heterocycles. The first-order valence-electron chi connectivity index (χ1n) is 11.4. The molecule has 4 atom stereocenters. The van der Waals surface area contributed by atoms with Gasteiger partial charge in [0.05, 0.1) is 40.4 Å². The number of alkyl halides is 3. The predicted molar refractivity (Wildman–Crippen MR) is 129 cm³/mol. The fourth-order valence-electron chi connectivity index (χ4n) is 5.57. The Morgan fingerprint density at radius 3 is 2.30 bits per heavy atom. The molecule has 0 unspecified atom stereocenters. The maximum Gasteiger partial charge on any atom is 0.417 e. The van der Waals surface area contributed by atoms with Gasteiger partial charge in [-0.2, -0.15) is 18.3 Å². The van der Waals surface area contributed by atoms with Crippen molar-refractivity contribution in [1.29, 1.82) is 0 Å². The minimum atomic E-state index is -4.78. The number of hydrazone groups is 1. The summed E-state index contributed by atoms with van der Waals surface area (Å²) in [6.45, 7) is 0. The van der Waals surface area contributed by atoms with E-state index in [4.69, 9.17) is 11.6 Å². The molecule has 0 aromatic heterocycles. The summed E-state index contributed by atoms with van der Waals surface area (Å²) < 4.78 is 40.6. The van der Waals surface area contributed by atoms with Crippen molar-refractivity contribution in [1.82, 2.24) is 5.01 Å². The maximum absolute atomic E-state index is 13.8. The van der Waals surface area contributed by atoms with E-state index in [2.05, 4.69) is 5.10 Å². The van der Waals surface area contributed by atoms with Crippen LogP contribution in [0.4, 0.5) is 18.9 Å². The molecule has 0 aliphatic carbocycles. The summed E-state index contributed by atoms with van der Waals surface area (Å²) in [5.74, 6) is -3.99. The lowest BCUT2D eigenvalue weighted by Gasteiger charge is -2.33. The highest BCUT2D eigenvalue weighted by Gasteiger charge is 2.65. The van der Waals surface area contributed by atoms with Crippen LogP contribution in [0.15, 0.2) is 77.9 Å². The molecule has 3 aliphatic rings. The summed E-state index contributed by atoms with van der Waals surface area (Å²) in [5.41, 5.74) is 0.387. The summed E-state index contributed by atoms with van der Waals surface area (Å²) in [4.78, 5) is 42.1. The lowest BCUT2D eigenvalue weighted by Crippen LogP contribution is -2.44. The van der Waals surface area contributed by atoms with Crippen LogP contribution in [0.3, 0.4) is 0 Å². The molecule has 3 aromatic rings. The van der Waals surface area contributed by atoms with Crippen LogP contribution in [-0.2, 0) is 15.8 Å². The Hall–Kier alpha value is -3.98. The number of nitrogens with zero attached hydrogens (tertiary/aromatic N) is 3. The number of halogens is 4. The van der Waals surface area contributed by atoms with Crippen LogP contribution >= 0.6 is 11.6 Å². The van der Waals surface area contributed by atoms with E-state index in [0.29, 0.717) is 17.2 Å². The Labute approximate surface area is 213 Å². The van der Waals surface area contributed by atoms with Gasteiger partial charge in [-0.25, -0.2) is 4.90 Å². The Balaban J connectivity index is 1.49. The third kappa shape index (κ3) is 3.48. The van der Waals surface area contributed by atoms with E-state index in [1.54, 1.807) is 54.7 Å². The van der Waals surface area contributed by atoms with Gasteiger partial charge >= 0.3 is 6.18 Å². The molecule has 0 saturated carbocycles. The molecule has 0 spiro atoms. The van der Waals surface area contributed by atoms with Gasteiger partial charge in [0.1, 0.15) is 6.04 Å². The van der Waals surface area contributed by atoms with E-state index in [0.717, 1.165) is 16.5 Å². The third-order valence-electron chi connectivity index (χ3n) is 7.13. The van der Waals surface area contributed by atoms with E-state index in [9.17, 15) is 27.6 Å². The molecule has 2 fully saturated rings. The molecular formula is C27H17ClF3N3O3. The van der Waals surface area contributed by atoms with Crippen LogP contribution in [0.5, 0.6) is 0 Å². The topological polar surface area (TPSA) is 70.0 Å². The fraction of sp³-hybridized carbons (Fsp3) is 0.185. The molecule has 3 heterocycles. The van der Waals surface area contributed by atoms with Crippen molar-refractivity contribution in [2.75, 3.05) is 4.90 Å². The van der Waals surface area contributed by atoms with Crippen molar-refractivity contribution in [2.24, 2.45) is 16.9 Å². The highest BCUT2D eigenvalue weighted by atomic mass is 35.5. The Morgan fingerprint density at radius 2 is 1.57 bits per heavy atom. The van der Waals surface area contributed by atoms with Crippen molar-refractivity contribution in [3.8, 4) is 0 Å². The number of benzene rings is 3. The number of hydrogen-bond acceptors (Lipinski definition) is 5. The molecule has 2 saturated heterocycles. The van der Waals surface area contributed by atoms with Crippen LogP contribution in [0.1, 0.15) is 33.1 Å². The molecule has 6 rings (SSSR count). The van der Waals surface area contributed by atoms with E-state index in [1.165, 1.54) is 11.1 Å². The van der Waals surface area contributed by atoms with Crippen molar-refractivity contribution in [3.63, 3.8) is 0 Å². The summed E-state index contributed by atoms with van der Waals surface area (Å²) in [5, 5.41) is 5.42. The number of carbonyl (C=O) groups excluding carboxylic acids is 3. The zero-order valence-electron chi connectivity index (χ0n) is 18.9. The first-order chi connectivity index (χ1) is 17.7. The molecular weight excluding hydrogens is 507 g/mol. The second kappa shape index (κ2) is 8.27. The highest BCUT2D eigenvalue weighted by molar-refractivity contribution is 6.32. The van der Waals surface area contributed by atoms with E-state index in [-0.39, 0.29) is 5.69 Å². The van der Waals surface area contributed by atoms with Crippen LogP contribution in [0, 0.1) is 11.8 Å². The van der Waals surface area contributed by atoms with Crippen LogP contribution in [0.2, 0.25) is 5.02 Å². The summed E-state index contributed by atoms with van der Waals surface area (Å²) in [7, 11) is 0. The molecule has 0 N–H and O–H groups in total. The van der Waals surface area contributed by atoms with Gasteiger partial charge in [0.2, 0.25) is 11.8 Å². The second-order valence-corrected chi connectivity index (χ2v) is 9.51. The molecule has 10 heteroatoms. The number of ketones is 1. The van der Waals surface area contributed by atoms with Gasteiger partial charge in [-0.3, -0.25) is 19.4 Å². The second-order valence-electron chi connectivity index (χ2n) is 9.10. The number of carbonyl (C=O) groups is 3. The van der Waals surface area contributed by atoms with Gasteiger partial charge in [-0.15, -0.1) is 0 Å². The van der Waals surface area contributed by atoms with Crippen LogP contribution in [0.25, 0.3) is 0 Å². The van der Waals surface area contributed by atoms with Gasteiger partial charge in [0.25, 0.3) is 0 Å². The number of fused-ring (bicyclic) bond motifs is 5. The minimum absolute atomic E-state index is 0.244. The molecule has 0 radical (unpaired) electrons. The number of imide groups is 1. The molecule has 0 bridgehead atoms. The molecule has 186 valence electrons. The zero-order valence-corrected chi connectivity index (χ0v) is 19.6. The number of rotatable bonds is 3. The zero-order chi connectivity index (χ0) is 26.1. The summed E-state index contributed by atoms with van der Waals surface area (Å²) in [6.07, 6.45) is -3.20. The molecule has 3 aromatic carbocycles. The van der Waals surface area contributed by atoms with Crippen LogP contribution < -0.4 is 4.90 Å². The van der Waals surface area contributed by atoms with Gasteiger partial charge in [-0.1, -0.05) is 66.2 Å². The Kier molecular flexibility index (Phi) is 5.24. The average molecular weight is 524 g/mol. The largest absolute Gasteiger partial charge is 0.417 e. The molecule has 6 nitrogen and oxygen atoms in total. The van der Waals surface area contributed by atoms with Crippen molar-refractivity contribution < 1.29 is 27.6 Å². The van der Waals surface area contributed by atoms with E-state index < -0.39 is 58.3 Å². The van der Waals surface area contributed by atoms with Crippen molar-refractivity contribution >= 4 is 41.1 Å². The monoisotopic (exact) mass is 523 g/mol. The molecule has 37 heavy (non-hydrogen) atoms. The first-order valence-corrected chi connectivity index (χ1v) is 11.8. The number of anilines is 1. The lowest BCUT2D eigenvalue weighted by atomic mass is 9.83. The Bertz CT molecular complexity index is 1490. The van der Waals surface area contributed by atoms with E-state index in [1.807, 2.05) is 6.07 Å². The number of hydrogen-bond donors (Lipinski definition) is 0.